The SMILES string of the molecule is CC(C)n1nc(S(N)=O)cc1CO. The Labute approximate surface area is 79.1 Å². The van der Waals surface area contributed by atoms with Crippen molar-refractivity contribution in [3.63, 3.8) is 0 Å². The molecule has 0 aliphatic carbocycles. The first-order valence-corrected chi connectivity index (χ1v) is 5.13. The number of aliphatic hydroxyl groups excluding tert-OH is 1. The van der Waals surface area contributed by atoms with Gasteiger partial charge in [0.25, 0.3) is 0 Å². The van der Waals surface area contributed by atoms with Gasteiger partial charge in [0.05, 0.1) is 12.3 Å². The molecule has 0 aliphatic rings. The van der Waals surface area contributed by atoms with Crippen LogP contribution in [0, 0.1) is 0 Å². The van der Waals surface area contributed by atoms with Gasteiger partial charge in [-0.1, -0.05) is 0 Å². The Morgan fingerprint density at radius 3 is 2.69 bits per heavy atom. The third-order valence-corrected chi connectivity index (χ3v) is 2.26. The molecule has 0 spiro atoms. The quantitative estimate of drug-likeness (QED) is 0.722. The van der Waals surface area contributed by atoms with Crippen LogP contribution in [0.25, 0.3) is 0 Å². The first-order chi connectivity index (χ1) is 6.06. The summed E-state index contributed by atoms with van der Waals surface area (Å²) in [5, 5.41) is 18.4. The van der Waals surface area contributed by atoms with Crippen molar-refractivity contribution in [3.05, 3.63) is 11.8 Å². The Kier molecular flexibility index (Phi) is 3.18. The minimum atomic E-state index is -1.58. The molecule has 1 atom stereocenters. The molecule has 0 fully saturated rings. The van der Waals surface area contributed by atoms with Crippen molar-refractivity contribution in [2.24, 2.45) is 5.14 Å². The van der Waals surface area contributed by atoms with E-state index in [0.717, 1.165) is 0 Å². The molecule has 1 aromatic heterocycles. The number of aromatic nitrogens is 2. The third kappa shape index (κ3) is 2.15. The zero-order valence-corrected chi connectivity index (χ0v) is 8.41. The van der Waals surface area contributed by atoms with Gasteiger partial charge < -0.3 is 5.11 Å². The molecule has 13 heavy (non-hydrogen) atoms. The van der Waals surface area contributed by atoms with E-state index in [9.17, 15) is 4.21 Å². The number of nitrogens with two attached hydrogens (primary N) is 1. The fourth-order valence-corrected chi connectivity index (χ4v) is 1.49. The third-order valence-electron chi connectivity index (χ3n) is 1.65. The van der Waals surface area contributed by atoms with E-state index in [-0.39, 0.29) is 12.6 Å². The minimum Gasteiger partial charge on any atom is -0.390 e. The minimum absolute atomic E-state index is 0.123. The smallest absolute Gasteiger partial charge is 0.164 e. The zero-order chi connectivity index (χ0) is 10.0. The van der Waals surface area contributed by atoms with E-state index >= 15 is 0 Å². The molecule has 1 rings (SSSR count). The van der Waals surface area contributed by atoms with E-state index in [1.807, 2.05) is 13.8 Å². The Morgan fingerprint density at radius 1 is 1.77 bits per heavy atom. The summed E-state index contributed by atoms with van der Waals surface area (Å²) in [7, 11) is -1.58. The molecule has 6 heteroatoms. The Morgan fingerprint density at radius 2 is 2.38 bits per heavy atom. The lowest BCUT2D eigenvalue weighted by molar-refractivity contribution is 0.264. The van der Waals surface area contributed by atoms with Crippen LogP contribution in [0.1, 0.15) is 25.6 Å². The van der Waals surface area contributed by atoms with E-state index in [2.05, 4.69) is 5.10 Å². The second kappa shape index (κ2) is 3.99. The maximum absolute atomic E-state index is 10.9. The molecule has 1 aromatic rings. The van der Waals surface area contributed by atoms with Crippen LogP contribution in [0.5, 0.6) is 0 Å². The molecule has 5 nitrogen and oxygen atoms in total. The summed E-state index contributed by atoms with van der Waals surface area (Å²) in [5.41, 5.74) is 0.629. The van der Waals surface area contributed by atoms with Crippen molar-refractivity contribution in [1.29, 1.82) is 0 Å². The van der Waals surface area contributed by atoms with Gasteiger partial charge in [-0.3, -0.25) is 4.68 Å². The van der Waals surface area contributed by atoms with Crippen LogP contribution in [0.2, 0.25) is 0 Å². The Bertz CT molecular complexity index is 322. The number of hydrogen-bond acceptors (Lipinski definition) is 3. The monoisotopic (exact) mass is 203 g/mol. The van der Waals surface area contributed by atoms with Crippen LogP contribution in [0.15, 0.2) is 11.1 Å². The molecule has 0 amide bonds. The van der Waals surface area contributed by atoms with Crippen LogP contribution in [-0.2, 0) is 17.6 Å². The number of hydrogen-bond donors (Lipinski definition) is 2. The van der Waals surface area contributed by atoms with Crippen LogP contribution in [0.3, 0.4) is 0 Å². The predicted molar refractivity (Wildman–Crippen MR) is 49.1 cm³/mol. The number of rotatable bonds is 3. The molecule has 0 saturated carbocycles. The molecule has 0 saturated heterocycles. The molecule has 74 valence electrons. The number of nitrogens with zero attached hydrogens (tertiary/aromatic N) is 2. The van der Waals surface area contributed by atoms with Gasteiger partial charge in [-0.2, -0.15) is 5.10 Å². The van der Waals surface area contributed by atoms with E-state index < -0.39 is 11.0 Å². The molecular weight excluding hydrogens is 190 g/mol. The molecule has 3 N–H and O–H groups in total. The summed E-state index contributed by atoms with van der Waals surface area (Å²) >= 11 is 0. The Balaban J connectivity index is 3.11. The van der Waals surface area contributed by atoms with Gasteiger partial charge >= 0.3 is 0 Å². The lowest BCUT2D eigenvalue weighted by Crippen LogP contribution is -2.09. The highest BCUT2D eigenvalue weighted by molar-refractivity contribution is 7.82. The molecule has 1 unspecified atom stereocenters. The average Bonchev–Trinajstić information content (AvgIpc) is 2.47. The molecule has 1 heterocycles. The standard InChI is InChI=1S/C7H13N3O2S/c1-5(2)10-6(4-11)3-7(9-10)13(8)12/h3,5,11H,4,8H2,1-2H3. The lowest BCUT2D eigenvalue weighted by Gasteiger charge is -2.07. The second-order valence-corrected chi connectivity index (χ2v) is 3.98. The summed E-state index contributed by atoms with van der Waals surface area (Å²) < 4.78 is 12.5. The maximum Gasteiger partial charge on any atom is 0.164 e. The fourth-order valence-electron chi connectivity index (χ4n) is 1.07. The van der Waals surface area contributed by atoms with Gasteiger partial charge in [-0.05, 0) is 19.9 Å². The molecular formula is C7H13N3O2S. The van der Waals surface area contributed by atoms with Gasteiger partial charge in [0, 0.05) is 6.04 Å². The second-order valence-electron chi connectivity index (χ2n) is 2.97. The van der Waals surface area contributed by atoms with Crippen LogP contribution in [-0.4, -0.2) is 19.1 Å². The van der Waals surface area contributed by atoms with Gasteiger partial charge in [0.2, 0.25) is 0 Å². The first kappa shape index (κ1) is 10.4. The van der Waals surface area contributed by atoms with Crippen LogP contribution >= 0.6 is 0 Å². The summed E-state index contributed by atoms with van der Waals surface area (Å²) in [6, 6.07) is 1.68. The van der Waals surface area contributed by atoms with Crippen molar-refractivity contribution in [1.82, 2.24) is 9.78 Å². The van der Waals surface area contributed by atoms with Crippen molar-refractivity contribution >= 4 is 11.0 Å². The van der Waals surface area contributed by atoms with Crippen molar-refractivity contribution in [2.45, 2.75) is 31.5 Å². The predicted octanol–water partition coefficient (Wildman–Crippen LogP) is -0.0624. The summed E-state index contributed by atoms with van der Waals surface area (Å²) in [4.78, 5) is 0. The van der Waals surface area contributed by atoms with Crippen LogP contribution < -0.4 is 5.14 Å². The van der Waals surface area contributed by atoms with E-state index in [4.69, 9.17) is 10.2 Å². The van der Waals surface area contributed by atoms with Gasteiger partial charge in [-0.15, -0.1) is 0 Å². The highest BCUT2D eigenvalue weighted by Gasteiger charge is 2.11. The van der Waals surface area contributed by atoms with E-state index in [1.165, 1.54) is 0 Å². The van der Waals surface area contributed by atoms with Crippen molar-refractivity contribution in [3.8, 4) is 0 Å². The molecule has 0 aromatic carbocycles. The molecule has 0 radical (unpaired) electrons. The largest absolute Gasteiger partial charge is 0.390 e. The summed E-state index contributed by atoms with van der Waals surface area (Å²) in [5.74, 6) is 0. The van der Waals surface area contributed by atoms with E-state index in [1.54, 1.807) is 10.7 Å². The van der Waals surface area contributed by atoms with Crippen molar-refractivity contribution in [2.75, 3.05) is 0 Å². The van der Waals surface area contributed by atoms with E-state index in [0.29, 0.717) is 10.7 Å². The molecule has 0 bridgehead atoms. The topological polar surface area (TPSA) is 81.1 Å². The van der Waals surface area contributed by atoms with Gasteiger partial charge in [0.15, 0.2) is 5.03 Å². The summed E-state index contributed by atoms with van der Waals surface area (Å²) in [6.07, 6.45) is 0. The zero-order valence-electron chi connectivity index (χ0n) is 7.60. The Hall–Kier alpha value is -0.720. The first-order valence-electron chi connectivity index (χ1n) is 3.91. The normalized spacial score (nSPS) is 13.6. The number of aliphatic hydroxyl groups is 1. The van der Waals surface area contributed by atoms with Crippen LogP contribution in [0.4, 0.5) is 0 Å². The lowest BCUT2D eigenvalue weighted by atomic mass is 10.3. The van der Waals surface area contributed by atoms with Gasteiger partial charge in [-0.25, -0.2) is 9.35 Å². The average molecular weight is 203 g/mol. The maximum atomic E-state index is 10.9. The molecule has 0 aliphatic heterocycles. The van der Waals surface area contributed by atoms with Gasteiger partial charge in [0.1, 0.15) is 11.0 Å². The highest BCUT2D eigenvalue weighted by Crippen LogP contribution is 2.12. The fraction of sp³-hybridized carbons (Fsp3) is 0.571. The summed E-state index contributed by atoms with van der Waals surface area (Å²) in [6.45, 7) is 3.73. The highest BCUT2D eigenvalue weighted by atomic mass is 32.2. The van der Waals surface area contributed by atoms with Crippen molar-refractivity contribution < 1.29 is 9.32 Å².